The van der Waals surface area contributed by atoms with E-state index in [4.69, 9.17) is 0 Å². The summed E-state index contributed by atoms with van der Waals surface area (Å²) in [4.78, 5) is 6.48. The molecule has 0 aliphatic carbocycles. The summed E-state index contributed by atoms with van der Waals surface area (Å²) < 4.78 is 25.5. The fourth-order valence-electron chi connectivity index (χ4n) is 1.98. The molecule has 1 aromatic heterocycles. The molecule has 1 atom stereocenters. The smallest absolute Gasteiger partial charge is 0.211 e. The van der Waals surface area contributed by atoms with Crippen molar-refractivity contribution in [3.8, 4) is 0 Å². The van der Waals surface area contributed by atoms with Crippen LogP contribution in [0.3, 0.4) is 0 Å². The van der Waals surface area contributed by atoms with Crippen molar-refractivity contribution < 1.29 is 8.42 Å². The van der Waals surface area contributed by atoms with Crippen LogP contribution in [0, 0.1) is 0 Å². The van der Waals surface area contributed by atoms with E-state index in [0.717, 1.165) is 24.5 Å². The molecule has 0 spiro atoms. The van der Waals surface area contributed by atoms with E-state index in [1.807, 2.05) is 5.38 Å². The van der Waals surface area contributed by atoms with Gasteiger partial charge in [0.15, 0.2) is 5.13 Å². The van der Waals surface area contributed by atoms with Gasteiger partial charge >= 0.3 is 0 Å². The molecule has 1 aromatic rings. The van der Waals surface area contributed by atoms with Gasteiger partial charge in [0.05, 0.1) is 5.75 Å². The molecule has 1 saturated heterocycles. The van der Waals surface area contributed by atoms with Gasteiger partial charge in [-0.3, -0.25) is 0 Å². The Labute approximate surface area is 106 Å². The number of hydrogen-bond acceptors (Lipinski definition) is 5. The van der Waals surface area contributed by atoms with Crippen LogP contribution in [0.1, 0.15) is 19.8 Å². The summed E-state index contributed by atoms with van der Waals surface area (Å²) in [5.74, 6) is 0.136. The first kappa shape index (κ1) is 12.8. The zero-order valence-corrected chi connectivity index (χ0v) is 11.4. The van der Waals surface area contributed by atoms with Crippen molar-refractivity contribution in [2.75, 3.05) is 23.7 Å². The number of sulfonamides is 1. The second-order valence-electron chi connectivity index (χ2n) is 4.06. The van der Waals surface area contributed by atoms with Gasteiger partial charge in [0.2, 0.25) is 10.0 Å². The second kappa shape index (κ2) is 5.32. The average Bonchev–Trinajstić information content (AvgIpc) is 2.96. The van der Waals surface area contributed by atoms with Crippen LogP contribution in [0.4, 0.5) is 5.13 Å². The first-order chi connectivity index (χ1) is 8.12. The average molecular weight is 275 g/mol. The van der Waals surface area contributed by atoms with Crippen molar-refractivity contribution in [3.05, 3.63) is 11.6 Å². The number of nitrogens with zero attached hydrogens (tertiary/aromatic N) is 2. The fourth-order valence-corrected chi connectivity index (χ4v) is 3.37. The summed E-state index contributed by atoms with van der Waals surface area (Å²) in [7, 11) is -3.09. The molecule has 0 aromatic carbocycles. The quantitative estimate of drug-likeness (QED) is 0.872. The lowest BCUT2D eigenvalue weighted by atomic mass is 10.2. The van der Waals surface area contributed by atoms with Crippen LogP contribution < -0.4 is 9.62 Å². The van der Waals surface area contributed by atoms with Crippen LogP contribution in [-0.2, 0) is 10.0 Å². The predicted molar refractivity (Wildman–Crippen MR) is 69.9 cm³/mol. The zero-order chi connectivity index (χ0) is 12.3. The van der Waals surface area contributed by atoms with E-state index >= 15 is 0 Å². The topological polar surface area (TPSA) is 62.3 Å². The van der Waals surface area contributed by atoms with Gasteiger partial charge in [-0.1, -0.05) is 0 Å². The Balaban J connectivity index is 1.97. The molecular formula is C10H17N3O2S2. The van der Waals surface area contributed by atoms with Crippen molar-refractivity contribution in [1.29, 1.82) is 0 Å². The van der Waals surface area contributed by atoms with E-state index in [-0.39, 0.29) is 11.8 Å². The van der Waals surface area contributed by atoms with Gasteiger partial charge in [-0.2, -0.15) is 0 Å². The van der Waals surface area contributed by atoms with E-state index in [2.05, 4.69) is 14.6 Å². The normalized spacial score (nSPS) is 21.0. The maximum absolute atomic E-state index is 11.4. The van der Waals surface area contributed by atoms with Crippen LogP contribution in [0.25, 0.3) is 0 Å². The summed E-state index contributed by atoms with van der Waals surface area (Å²) in [6, 6.07) is 0.238. The van der Waals surface area contributed by atoms with Crippen molar-refractivity contribution in [1.82, 2.24) is 9.71 Å². The van der Waals surface area contributed by atoms with Crippen molar-refractivity contribution in [2.24, 2.45) is 0 Å². The fraction of sp³-hybridized carbons (Fsp3) is 0.700. The lowest BCUT2D eigenvalue weighted by Crippen LogP contribution is -2.40. The minimum Gasteiger partial charge on any atom is -0.344 e. The molecule has 96 valence electrons. The number of aromatic nitrogens is 1. The minimum atomic E-state index is -3.09. The minimum absolute atomic E-state index is 0.136. The Bertz CT molecular complexity index is 444. The van der Waals surface area contributed by atoms with Crippen molar-refractivity contribution in [2.45, 2.75) is 25.8 Å². The van der Waals surface area contributed by atoms with Gasteiger partial charge in [-0.15, -0.1) is 11.3 Å². The van der Waals surface area contributed by atoms with Crippen molar-refractivity contribution in [3.63, 3.8) is 0 Å². The van der Waals surface area contributed by atoms with Gasteiger partial charge in [0.1, 0.15) is 0 Å². The Morgan fingerprint density at radius 3 is 3.12 bits per heavy atom. The first-order valence-electron chi connectivity index (χ1n) is 5.76. The van der Waals surface area contributed by atoms with E-state index in [9.17, 15) is 8.42 Å². The SMILES string of the molecule is CCS(=O)(=O)NCC1CCCN1c1nccs1. The lowest BCUT2D eigenvalue weighted by molar-refractivity contribution is 0.568. The van der Waals surface area contributed by atoms with Crippen LogP contribution in [-0.4, -0.2) is 38.3 Å². The standard InChI is InChI=1S/C10H17N3O2S2/c1-2-17(14,15)12-8-9-4-3-6-13(9)10-11-5-7-16-10/h5,7,9,12H,2-4,6,8H2,1H3. The summed E-state index contributed by atoms with van der Waals surface area (Å²) in [5, 5.41) is 2.93. The molecule has 0 amide bonds. The highest BCUT2D eigenvalue weighted by molar-refractivity contribution is 7.89. The maximum atomic E-state index is 11.4. The number of thiazole rings is 1. The van der Waals surface area contributed by atoms with E-state index in [0.29, 0.717) is 6.54 Å². The molecule has 1 N–H and O–H groups in total. The molecule has 1 aliphatic rings. The highest BCUT2D eigenvalue weighted by Crippen LogP contribution is 2.26. The molecule has 0 saturated carbocycles. The zero-order valence-electron chi connectivity index (χ0n) is 9.80. The molecule has 1 aliphatic heterocycles. The molecule has 2 heterocycles. The third-order valence-corrected chi connectivity index (χ3v) is 5.14. The summed E-state index contributed by atoms with van der Waals surface area (Å²) in [6.45, 7) is 3.09. The van der Waals surface area contributed by atoms with Crippen LogP contribution in [0.5, 0.6) is 0 Å². The largest absolute Gasteiger partial charge is 0.344 e. The third-order valence-electron chi connectivity index (χ3n) is 2.96. The van der Waals surface area contributed by atoms with Gasteiger partial charge in [-0.25, -0.2) is 18.1 Å². The van der Waals surface area contributed by atoms with Crippen LogP contribution >= 0.6 is 11.3 Å². The Morgan fingerprint density at radius 1 is 1.65 bits per heavy atom. The highest BCUT2D eigenvalue weighted by Gasteiger charge is 2.27. The van der Waals surface area contributed by atoms with E-state index in [1.54, 1.807) is 24.5 Å². The van der Waals surface area contributed by atoms with Crippen LogP contribution in [0.2, 0.25) is 0 Å². The first-order valence-corrected chi connectivity index (χ1v) is 8.29. The summed E-state index contributed by atoms with van der Waals surface area (Å²) >= 11 is 1.60. The molecular weight excluding hydrogens is 258 g/mol. The monoisotopic (exact) mass is 275 g/mol. The van der Waals surface area contributed by atoms with Gasteiger partial charge in [0, 0.05) is 30.7 Å². The Morgan fingerprint density at radius 2 is 2.47 bits per heavy atom. The molecule has 1 fully saturated rings. The second-order valence-corrected chi connectivity index (χ2v) is 7.02. The summed E-state index contributed by atoms with van der Waals surface area (Å²) in [5.41, 5.74) is 0. The van der Waals surface area contributed by atoms with Gasteiger partial charge in [-0.05, 0) is 19.8 Å². The molecule has 2 rings (SSSR count). The third kappa shape index (κ3) is 3.17. The van der Waals surface area contributed by atoms with Gasteiger partial charge in [0.25, 0.3) is 0 Å². The molecule has 17 heavy (non-hydrogen) atoms. The van der Waals surface area contributed by atoms with Crippen LogP contribution in [0.15, 0.2) is 11.6 Å². The molecule has 1 unspecified atom stereocenters. The molecule has 7 heteroatoms. The highest BCUT2D eigenvalue weighted by atomic mass is 32.2. The lowest BCUT2D eigenvalue weighted by Gasteiger charge is -2.24. The maximum Gasteiger partial charge on any atom is 0.211 e. The Kier molecular flexibility index (Phi) is 4.01. The number of rotatable bonds is 5. The number of hydrogen-bond donors (Lipinski definition) is 1. The molecule has 0 bridgehead atoms. The van der Waals surface area contributed by atoms with E-state index in [1.165, 1.54) is 0 Å². The molecule has 0 radical (unpaired) electrons. The van der Waals surface area contributed by atoms with Crippen molar-refractivity contribution >= 4 is 26.5 Å². The van der Waals surface area contributed by atoms with E-state index < -0.39 is 10.0 Å². The van der Waals surface area contributed by atoms with Gasteiger partial charge < -0.3 is 4.90 Å². The summed E-state index contributed by atoms with van der Waals surface area (Å²) in [6.07, 6.45) is 3.90. The predicted octanol–water partition coefficient (Wildman–Crippen LogP) is 1.05. The number of anilines is 1. The Hall–Kier alpha value is -0.660. The number of nitrogens with one attached hydrogen (secondary N) is 1. The molecule has 5 nitrogen and oxygen atoms in total.